The second kappa shape index (κ2) is 15.7. The van der Waals surface area contributed by atoms with Crippen LogP contribution in [-0.2, 0) is 42.2 Å². The van der Waals surface area contributed by atoms with Crippen LogP contribution in [0, 0.1) is 6.92 Å². The first kappa shape index (κ1) is 35.5. The molecular weight excluding hydrogens is 675 g/mol. The minimum atomic E-state index is -4.60. The van der Waals surface area contributed by atoms with Crippen molar-refractivity contribution >= 4 is 39.2 Å². The Kier molecular flexibility index (Phi) is 11.1. The van der Waals surface area contributed by atoms with Gasteiger partial charge in [-0.15, -0.1) is 0 Å². The molecule has 3 N–H and O–H groups in total. The smallest absolute Gasteiger partial charge is 0.398 e. The number of rotatable bonds is 13. The van der Waals surface area contributed by atoms with E-state index in [-0.39, 0.29) is 29.6 Å². The van der Waals surface area contributed by atoms with Crippen molar-refractivity contribution in [2.24, 2.45) is 0 Å². The zero-order chi connectivity index (χ0) is 35.3. The molecule has 0 aliphatic carbocycles. The van der Waals surface area contributed by atoms with Crippen molar-refractivity contribution in [1.29, 1.82) is 0 Å². The number of aromatic nitrogens is 1. The predicted octanol–water partition coefficient (Wildman–Crippen LogP) is 10.0. The number of fused-ring (bicyclic) bond motifs is 1. The Morgan fingerprint density at radius 1 is 0.800 bits per heavy atom. The van der Waals surface area contributed by atoms with Crippen LogP contribution in [0.2, 0.25) is 5.02 Å². The maximum absolute atomic E-state index is 13.8. The third-order valence-corrected chi connectivity index (χ3v) is 10.4. The molecule has 0 radical (unpaired) electrons. The number of alkyl halides is 3. The van der Waals surface area contributed by atoms with Crippen LogP contribution in [0.15, 0.2) is 121 Å². The first-order chi connectivity index (χ1) is 24.1. The average molecular weight is 714 g/mol. The number of aryl methyl sites for hydroxylation is 3. The molecule has 4 nitrogen and oxygen atoms in total. The van der Waals surface area contributed by atoms with Crippen molar-refractivity contribution in [3.05, 3.63) is 171 Å². The fourth-order valence-electron chi connectivity index (χ4n) is 6.73. The Morgan fingerprint density at radius 2 is 1.46 bits per heavy atom. The Labute approximate surface area is 298 Å². The molecule has 0 saturated heterocycles. The molecule has 258 valence electrons. The lowest BCUT2D eigenvalue weighted by molar-refractivity contribution is -0.138. The summed E-state index contributed by atoms with van der Waals surface area (Å²) in [6, 6.07) is 38.7. The largest absolute Gasteiger partial charge is 0.416 e. The topological polar surface area (TPSA) is 60.1 Å². The summed E-state index contributed by atoms with van der Waals surface area (Å²) in [6.45, 7) is 2.35. The van der Waals surface area contributed by atoms with E-state index >= 15 is 0 Å². The van der Waals surface area contributed by atoms with Crippen LogP contribution < -0.4 is 10.5 Å². The van der Waals surface area contributed by atoms with Gasteiger partial charge in [0.05, 0.1) is 28.3 Å². The third kappa shape index (κ3) is 8.15. The lowest BCUT2D eigenvalue weighted by atomic mass is 9.97. The second-order valence-corrected chi connectivity index (χ2v) is 14.2. The summed E-state index contributed by atoms with van der Waals surface area (Å²) in [6.07, 6.45) is -1.55. The van der Waals surface area contributed by atoms with Gasteiger partial charge in [0.25, 0.3) is 0 Å². The first-order valence-corrected chi connectivity index (χ1v) is 18.3. The summed E-state index contributed by atoms with van der Waals surface area (Å²) in [7, 11) is -1.81. The summed E-state index contributed by atoms with van der Waals surface area (Å²) < 4.78 is 60.0. The molecule has 0 saturated carbocycles. The van der Waals surface area contributed by atoms with E-state index in [2.05, 4.69) is 70.8 Å². The van der Waals surface area contributed by atoms with Gasteiger partial charge >= 0.3 is 6.18 Å². The monoisotopic (exact) mass is 713 g/mol. The van der Waals surface area contributed by atoms with E-state index in [1.165, 1.54) is 23.3 Å². The predicted molar refractivity (Wildman–Crippen MR) is 200 cm³/mol. The van der Waals surface area contributed by atoms with Crippen molar-refractivity contribution in [3.63, 3.8) is 0 Å². The molecule has 1 atom stereocenters. The highest BCUT2D eigenvalue weighted by Gasteiger charge is 2.34. The fourth-order valence-corrected chi connectivity index (χ4v) is 7.92. The molecule has 9 heteroatoms. The molecule has 6 aromatic rings. The summed E-state index contributed by atoms with van der Waals surface area (Å²) in [4.78, 5) is 0. The van der Waals surface area contributed by atoms with Gasteiger partial charge < -0.3 is 10.3 Å². The Bertz CT molecular complexity index is 2040. The second-order valence-electron chi connectivity index (χ2n) is 12.5. The summed E-state index contributed by atoms with van der Waals surface area (Å²) in [5, 5.41) is 1.69. The van der Waals surface area contributed by atoms with Gasteiger partial charge in [0, 0.05) is 45.8 Å². The SMILES string of the molecule is Cc1ccc(CCCc2c(CCNS(=O)Cc3c(N)cccc3C(F)(F)F)n(C(c3ccccc3)c3ccccc3)c3ccc(Cl)cc23)cc1. The van der Waals surface area contributed by atoms with Crippen molar-refractivity contribution in [3.8, 4) is 0 Å². The highest BCUT2D eigenvalue weighted by Crippen LogP contribution is 2.38. The Hall–Kier alpha value is -4.37. The van der Waals surface area contributed by atoms with Gasteiger partial charge in [-0.1, -0.05) is 108 Å². The number of nitrogens with zero attached hydrogens (tertiary/aromatic N) is 1. The molecule has 0 fully saturated rings. The van der Waals surface area contributed by atoms with Crippen LogP contribution in [-0.4, -0.2) is 15.3 Å². The molecule has 0 aliphatic rings. The van der Waals surface area contributed by atoms with E-state index in [0.29, 0.717) is 11.4 Å². The van der Waals surface area contributed by atoms with E-state index in [9.17, 15) is 17.4 Å². The van der Waals surface area contributed by atoms with E-state index < -0.39 is 22.7 Å². The lowest BCUT2D eigenvalue weighted by Crippen LogP contribution is -2.25. The Morgan fingerprint density at radius 3 is 2.10 bits per heavy atom. The number of benzene rings is 5. The average Bonchev–Trinajstić information content (AvgIpc) is 3.38. The van der Waals surface area contributed by atoms with Crippen LogP contribution >= 0.6 is 11.6 Å². The number of halogens is 4. The summed E-state index contributed by atoms with van der Waals surface area (Å²) in [5.74, 6) is -0.361. The van der Waals surface area contributed by atoms with Gasteiger partial charge in [-0.25, -0.2) is 8.93 Å². The maximum atomic E-state index is 13.8. The van der Waals surface area contributed by atoms with Crippen molar-refractivity contribution in [1.82, 2.24) is 9.29 Å². The molecule has 50 heavy (non-hydrogen) atoms. The highest BCUT2D eigenvalue weighted by atomic mass is 35.5. The van der Waals surface area contributed by atoms with E-state index in [1.54, 1.807) is 0 Å². The quantitative estimate of drug-likeness (QED) is 0.117. The van der Waals surface area contributed by atoms with Crippen LogP contribution in [0.3, 0.4) is 0 Å². The number of nitrogens with two attached hydrogens (primary N) is 1. The molecule has 0 amide bonds. The van der Waals surface area contributed by atoms with Crippen LogP contribution in [0.1, 0.15) is 57.1 Å². The molecule has 1 heterocycles. The number of nitrogens with one attached hydrogen (secondary N) is 1. The molecule has 5 aromatic carbocycles. The lowest BCUT2D eigenvalue weighted by Gasteiger charge is -2.25. The Balaban J connectivity index is 1.39. The number of hydrogen-bond donors (Lipinski definition) is 2. The maximum Gasteiger partial charge on any atom is 0.416 e. The van der Waals surface area contributed by atoms with Crippen molar-refractivity contribution < 1.29 is 17.4 Å². The van der Waals surface area contributed by atoms with Gasteiger partial charge in [0.1, 0.15) is 0 Å². The number of anilines is 1. The molecule has 0 aliphatic heterocycles. The number of nitrogen functional groups attached to an aromatic ring is 1. The summed E-state index contributed by atoms with van der Waals surface area (Å²) >= 11 is 6.64. The molecule has 6 rings (SSSR count). The zero-order valence-electron chi connectivity index (χ0n) is 27.7. The normalized spacial score (nSPS) is 12.5. The van der Waals surface area contributed by atoms with E-state index in [1.807, 2.05) is 48.5 Å². The first-order valence-electron chi connectivity index (χ1n) is 16.6. The number of hydrogen-bond acceptors (Lipinski definition) is 2. The molecule has 0 bridgehead atoms. The zero-order valence-corrected chi connectivity index (χ0v) is 29.3. The minimum absolute atomic E-state index is 0.0311. The highest BCUT2D eigenvalue weighted by molar-refractivity contribution is 7.82. The van der Waals surface area contributed by atoms with Gasteiger partial charge in [-0.3, -0.25) is 0 Å². The molecular formula is C41H39ClF3N3OS. The third-order valence-electron chi connectivity index (χ3n) is 9.10. The van der Waals surface area contributed by atoms with Crippen LogP contribution in [0.5, 0.6) is 0 Å². The van der Waals surface area contributed by atoms with Gasteiger partial charge in [0.15, 0.2) is 0 Å². The van der Waals surface area contributed by atoms with E-state index in [4.69, 9.17) is 17.3 Å². The fraction of sp³-hybridized carbons (Fsp3) is 0.220. The van der Waals surface area contributed by atoms with Crippen LogP contribution in [0.4, 0.5) is 18.9 Å². The van der Waals surface area contributed by atoms with Crippen LogP contribution in [0.25, 0.3) is 10.9 Å². The van der Waals surface area contributed by atoms with Gasteiger partial charge in [0.2, 0.25) is 0 Å². The van der Waals surface area contributed by atoms with E-state index in [0.717, 1.165) is 58.6 Å². The molecule has 1 unspecified atom stereocenters. The minimum Gasteiger partial charge on any atom is -0.398 e. The molecule has 0 spiro atoms. The van der Waals surface area contributed by atoms with Crippen molar-refractivity contribution in [2.75, 3.05) is 12.3 Å². The summed E-state index contributed by atoms with van der Waals surface area (Å²) in [5.41, 5.74) is 12.8. The van der Waals surface area contributed by atoms with Gasteiger partial charge in [-0.05, 0) is 78.8 Å². The van der Waals surface area contributed by atoms with Gasteiger partial charge in [-0.2, -0.15) is 13.2 Å². The molecule has 1 aromatic heterocycles. The standard InChI is InChI=1S/C41H39ClF3N3OS/c1-28-18-20-29(21-19-28)10-8-15-33-34-26-32(42)22-23-38(34)48(40(30-11-4-2-5-12-30)31-13-6-3-7-14-31)39(33)24-25-47-50(49)27-35-36(41(43,44)45)16-9-17-37(35)46/h2-7,9,11-14,16-23,26,40,47H,8,10,15,24-25,27,46H2,1H3. The van der Waals surface area contributed by atoms with Crippen molar-refractivity contribution in [2.45, 2.75) is 50.6 Å².